The average molecular weight is 340 g/mol. The number of hydrogen-bond donors (Lipinski definition) is 1. The van der Waals surface area contributed by atoms with Crippen molar-refractivity contribution in [1.29, 1.82) is 5.26 Å². The molecule has 1 fully saturated rings. The molecule has 0 bridgehead atoms. The number of nitrogens with zero attached hydrogens (tertiary/aromatic N) is 2. The normalized spacial score (nSPS) is 25.7. The predicted molar refractivity (Wildman–Crippen MR) is 94.6 cm³/mol. The third-order valence-electron chi connectivity index (χ3n) is 5.24. The number of amides is 1. The number of allylic oxidation sites excluding steroid dienone is 2. The van der Waals surface area contributed by atoms with Gasteiger partial charge in [0.05, 0.1) is 18.7 Å². The minimum Gasteiger partial charge on any atom is -0.394 e. The summed E-state index contributed by atoms with van der Waals surface area (Å²) in [7, 11) is 1.45. The van der Waals surface area contributed by atoms with E-state index in [0.717, 1.165) is 24.0 Å². The molecule has 5 heteroatoms. The standard InChI is InChI=1S/C20H24N2O3/c1-25-13-19(24)22-17(11-21)20(18(22)12-23)16-10-6-5-9-15(16)14-7-3-2-4-8-14/h5-7,9-10,17-18,20,23H,2-4,8,12-13H2,1H3/t17-,18+,20+/m0/s1. The molecule has 1 aliphatic carbocycles. The molecule has 1 N–H and O–H groups in total. The van der Waals surface area contributed by atoms with Crippen molar-refractivity contribution in [2.45, 2.75) is 43.7 Å². The number of methoxy groups -OCH3 is 1. The number of aliphatic hydroxyl groups is 1. The Morgan fingerprint density at radius 1 is 1.40 bits per heavy atom. The van der Waals surface area contributed by atoms with Gasteiger partial charge in [0.25, 0.3) is 0 Å². The first kappa shape index (κ1) is 17.7. The molecule has 2 aliphatic rings. The zero-order chi connectivity index (χ0) is 17.8. The Morgan fingerprint density at radius 2 is 2.20 bits per heavy atom. The van der Waals surface area contributed by atoms with Crippen LogP contribution in [0.15, 0.2) is 30.3 Å². The summed E-state index contributed by atoms with van der Waals surface area (Å²) in [4.78, 5) is 13.7. The Bertz CT molecular complexity index is 707. The molecule has 25 heavy (non-hydrogen) atoms. The Hall–Kier alpha value is -2.16. The molecular weight excluding hydrogens is 316 g/mol. The molecule has 132 valence electrons. The van der Waals surface area contributed by atoms with Crippen LogP contribution in [0.1, 0.15) is 42.7 Å². The van der Waals surface area contributed by atoms with Gasteiger partial charge in [-0.15, -0.1) is 0 Å². The second-order valence-electron chi connectivity index (χ2n) is 6.65. The van der Waals surface area contributed by atoms with E-state index in [2.05, 4.69) is 18.2 Å². The van der Waals surface area contributed by atoms with Gasteiger partial charge in [0.15, 0.2) is 0 Å². The van der Waals surface area contributed by atoms with Crippen LogP contribution >= 0.6 is 0 Å². The van der Waals surface area contributed by atoms with E-state index in [1.165, 1.54) is 30.4 Å². The molecule has 1 aromatic carbocycles. The van der Waals surface area contributed by atoms with Crippen LogP contribution < -0.4 is 0 Å². The van der Waals surface area contributed by atoms with Gasteiger partial charge in [0.1, 0.15) is 12.6 Å². The molecule has 1 saturated heterocycles. The highest BCUT2D eigenvalue weighted by molar-refractivity contribution is 5.81. The van der Waals surface area contributed by atoms with Crippen molar-refractivity contribution in [2.24, 2.45) is 0 Å². The summed E-state index contributed by atoms with van der Waals surface area (Å²) < 4.78 is 4.91. The van der Waals surface area contributed by atoms with Crippen molar-refractivity contribution in [2.75, 3.05) is 20.3 Å². The Labute approximate surface area is 148 Å². The maximum absolute atomic E-state index is 12.3. The number of aliphatic hydroxyl groups excluding tert-OH is 1. The monoisotopic (exact) mass is 340 g/mol. The summed E-state index contributed by atoms with van der Waals surface area (Å²) in [6.45, 7) is -0.236. The van der Waals surface area contributed by atoms with Crippen LogP contribution in [0, 0.1) is 11.3 Å². The number of ether oxygens (including phenoxy) is 1. The fraction of sp³-hybridized carbons (Fsp3) is 0.500. The van der Waals surface area contributed by atoms with Crippen molar-refractivity contribution < 1.29 is 14.6 Å². The molecule has 0 spiro atoms. The number of benzene rings is 1. The van der Waals surface area contributed by atoms with E-state index < -0.39 is 6.04 Å². The van der Waals surface area contributed by atoms with Crippen molar-refractivity contribution in [3.05, 3.63) is 41.5 Å². The van der Waals surface area contributed by atoms with Gasteiger partial charge >= 0.3 is 0 Å². The van der Waals surface area contributed by atoms with Gasteiger partial charge in [-0.05, 0) is 42.4 Å². The minimum absolute atomic E-state index is 0.0752. The van der Waals surface area contributed by atoms with Gasteiger partial charge in [-0.25, -0.2) is 0 Å². The lowest BCUT2D eigenvalue weighted by Crippen LogP contribution is -2.66. The van der Waals surface area contributed by atoms with Crippen molar-refractivity contribution >= 4 is 11.5 Å². The number of hydrogen-bond acceptors (Lipinski definition) is 4. The zero-order valence-corrected chi connectivity index (χ0v) is 14.5. The molecule has 5 nitrogen and oxygen atoms in total. The van der Waals surface area contributed by atoms with Gasteiger partial charge < -0.3 is 14.7 Å². The Morgan fingerprint density at radius 3 is 2.84 bits per heavy atom. The third kappa shape index (κ3) is 3.20. The molecule has 3 rings (SSSR count). The number of carbonyl (C=O) groups excluding carboxylic acids is 1. The SMILES string of the molecule is COCC(=O)N1[C@H](CO)[C@H](c2ccccc2C2=CCCCC2)[C@@H]1C#N. The number of nitriles is 1. The molecule has 1 aromatic rings. The lowest BCUT2D eigenvalue weighted by molar-refractivity contribution is -0.150. The highest BCUT2D eigenvalue weighted by atomic mass is 16.5. The van der Waals surface area contributed by atoms with Crippen LogP contribution in [0.25, 0.3) is 5.57 Å². The third-order valence-corrected chi connectivity index (χ3v) is 5.24. The van der Waals surface area contributed by atoms with E-state index in [1.54, 1.807) is 0 Å². The first-order valence-corrected chi connectivity index (χ1v) is 8.81. The van der Waals surface area contributed by atoms with Crippen LogP contribution in [0.3, 0.4) is 0 Å². The lowest BCUT2D eigenvalue weighted by Gasteiger charge is -2.52. The lowest BCUT2D eigenvalue weighted by atomic mass is 9.72. The van der Waals surface area contributed by atoms with Crippen molar-refractivity contribution in [1.82, 2.24) is 4.90 Å². The van der Waals surface area contributed by atoms with Gasteiger partial charge in [0.2, 0.25) is 5.91 Å². The molecule has 0 unspecified atom stereocenters. The molecule has 1 heterocycles. The summed E-state index contributed by atoms with van der Waals surface area (Å²) in [5, 5.41) is 19.5. The molecule has 0 saturated carbocycles. The van der Waals surface area contributed by atoms with E-state index in [0.29, 0.717) is 0 Å². The fourth-order valence-corrected chi connectivity index (χ4v) is 4.08. The Kier molecular flexibility index (Phi) is 5.52. The molecule has 3 atom stereocenters. The summed E-state index contributed by atoms with van der Waals surface area (Å²) in [6.07, 6.45) is 6.79. The first-order chi connectivity index (χ1) is 12.2. The van der Waals surface area contributed by atoms with Crippen LogP contribution in [0.4, 0.5) is 0 Å². The largest absolute Gasteiger partial charge is 0.394 e. The molecule has 0 aromatic heterocycles. The maximum Gasteiger partial charge on any atom is 0.249 e. The predicted octanol–water partition coefficient (Wildman–Crippen LogP) is 2.47. The van der Waals surface area contributed by atoms with E-state index in [1.807, 2.05) is 18.2 Å². The summed E-state index contributed by atoms with van der Waals surface area (Å²) in [5.41, 5.74) is 3.53. The summed E-state index contributed by atoms with van der Waals surface area (Å²) in [6, 6.07) is 9.40. The van der Waals surface area contributed by atoms with E-state index in [4.69, 9.17) is 4.74 Å². The smallest absolute Gasteiger partial charge is 0.249 e. The highest BCUT2D eigenvalue weighted by Gasteiger charge is 2.52. The van der Waals surface area contributed by atoms with E-state index in [-0.39, 0.29) is 31.1 Å². The highest BCUT2D eigenvalue weighted by Crippen LogP contribution is 2.44. The maximum atomic E-state index is 12.3. The van der Waals surface area contributed by atoms with Crippen LogP contribution in [-0.2, 0) is 9.53 Å². The van der Waals surface area contributed by atoms with Gasteiger partial charge in [0, 0.05) is 13.0 Å². The molecular formula is C20H24N2O3. The number of rotatable bonds is 5. The van der Waals surface area contributed by atoms with Crippen molar-refractivity contribution in [3.8, 4) is 6.07 Å². The topological polar surface area (TPSA) is 73.6 Å². The molecule has 1 aliphatic heterocycles. The van der Waals surface area contributed by atoms with Crippen LogP contribution in [0.2, 0.25) is 0 Å². The van der Waals surface area contributed by atoms with Crippen molar-refractivity contribution in [3.63, 3.8) is 0 Å². The summed E-state index contributed by atoms with van der Waals surface area (Å²) >= 11 is 0. The first-order valence-electron chi connectivity index (χ1n) is 8.81. The average Bonchev–Trinajstić information content (AvgIpc) is 2.63. The number of likely N-dealkylation sites (tertiary alicyclic amines) is 1. The minimum atomic E-state index is -0.565. The zero-order valence-electron chi connectivity index (χ0n) is 14.5. The fourth-order valence-electron chi connectivity index (χ4n) is 4.08. The van der Waals surface area contributed by atoms with E-state index >= 15 is 0 Å². The molecule has 1 amide bonds. The quantitative estimate of drug-likeness (QED) is 0.894. The van der Waals surface area contributed by atoms with Gasteiger partial charge in [-0.2, -0.15) is 5.26 Å². The van der Waals surface area contributed by atoms with Crippen LogP contribution in [0.5, 0.6) is 0 Å². The van der Waals surface area contributed by atoms with Gasteiger partial charge in [-0.1, -0.05) is 30.3 Å². The van der Waals surface area contributed by atoms with Gasteiger partial charge in [-0.3, -0.25) is 4.79 Å². The van der Waals surface area contributed by atoms with E-state index in [9.17, 15) is 15.2 Å². The number of carbonyl (C=O) groups is 1. The second kappa shape index (κ2) is 7.81. The van der Waals surface area contributed by atoms with Crippen LogP contribution in [-0.4, -0.2) is 48.3 Å². The second-order valence-corrected chi connectivity index (χ2v) is 6.65. The summed E-state index contributed by atoms with van der Waals surface area (Å²) in [5.74, 6) is -0.423. The molecule has 0 radical (unpaired) electrons. The Balaban J connectivity index is 1.95.